The lowest BCUT2D eigenvalue weighted by Crippen LogP contribution is -2.09. The van der Waals surface area contributed by atoms with Gasteiger partial charge in [-0.1, -0.05) is 152 Å². The molecule has 0 saturated carbocycles. The molecule has 0 fully saturated rings. The number of para-hydroxylation sites is 1. The summed E-state index contributed by atoms with van der Waals surface area (Å²) in [6.07, 6.45) is 0. The highest BCUT2D eigenvalue weighted by Gasteiger charge is 2.17. The lowest BCUT2D eigenvalue weighted by molar-refractivity contribution is 0.629. The van der Waals surface area contributed by atoms with Gasteiger partial charge in [0.2, 0.25) is 0 Å². The van der Waals surface area contributed by atoms with Crippen molar-refractivity contribution in [2.45, 2.75) is 6.92 Å². The summed E-state index contributed by atoms with van der Waals surface area (Å²) in [7, 11) is 0. The Balaban J connectivity index is 1.01. The molecule has 2 heteroatoms. The number of hydrogen-bond donors (Lipinski definition) is 0. The highest BCUT2D eigenvalue weighted by molar-refractivity contribution is 6.14. The van der Waals surface area contributed by atoms with Gasteiger partial charge in [-0.25, -0.2) is 0 Å². The predicted molar refractivity (Wildman–Crippen MR) is 242 cm³/mol. The SMILES string of the molecule is Cc1c(-c2cccc(-c3ccc(N(c4ccc(-c5cc6ccccc6c6ccccc56)cc4)c4ccc5c(ccc6ccccc65)c4)cc3)c2)oc2ccccc12. The van der Waals surface area contributed by atoms with Crippen LogP contribution in [0.25, 0.3) is 87.6 Å². The third kappa shape index (κ3) is 5.65. The predicted octanol–water partition coefficient (Wildman–Crippen LogP) is 15.8. The Morgan fingerprint density at radius 2 is 0.877 bits per heavy atom. The van der Waals surface area contributed by atoms with Gasteiger partial charge in [0, 0.05) is 33.6 Å². The molecule has 1 aromatic heterocycles. The van der Waals surface area contributed by atoms with Gasteiger partial charge in [0.25, 0.3) is 0 Å². The summed E-state index contributed by atoms with van der Waals surface area (Å²) in [5.74, 6) is 0.921. The lowest BCUT2D eigenvalue weighted by Gasteiger charge is -2.26. The fourth-order valence-corrected chi connectivity index (χ4v) is 8.76. The maximum atomic E-state index is 6.35. The van der Waals surface area contributed by atoms with Crippen LogP contribution in [0.4, 0.5) is 17.1 Å². The molecule has 0 aliphatic heterocycles. The van der Waals surface area contributed by atoms with Crippen molar-refractivity contribution < 1.29 is 4.42 Å². The van der Waals surface area contributed by atoms with Crippen LogP contribution in [0.1, 0.15) is 5.56 Å². The van der Waals surface area contributed by atoms with Gasteiger partial charge in [-0.3, -0.25) is 0 Å². The van der Waals surface area contributed by atoms with Crippen molar-refractivity contribution in [3.63, 3.8) is 0 Å². The molecule has 11 rings (SSSR count). The molecule has 57 heavy (non-hydrogen) atoms. The molecule has 0 saturated heterocycles. The van der Waals surface area contributed by atoms with Crippen molar-refractivity contribution in [1.82, 2.24) is 0 Å². The number of benzene rings is 10. The van der Waals surface area contributed by atoms with E-state index in [1.807, 2.05) is 12.1 Å². The van der Waals surface area contributed by atoms with E-state index < -0.39 is 0 Å². The lowest BCUT2D eigenvalue weighted by atomic mass is 9.93. The van der Waals surface area contributed by atoms with E-state index in [1.165, 1.54) is 54.2 Å². The standard InChI is InChI=1S/C55H37NO/c1-36-47-15-8-9-20-54(47)57-55(36)43-14-10-13-40(33-43)37-23-27-44(28-24-37)56(46-31-32-50-42(34-46)22-21-38-11-2-4-16-48(38)50)45-29-25-39(26-30-45)53-35-41-12-3-5-17-49(41)51-18-6-7-19-52(51)53/h2-35H,1H3. The first-order valence-corrected chi connectivity index (χ1v) is 19.6. The molecule has 1 heterocycles. The molecule has 0 N–H and O–H groups in total. The van der Waals surface area contributed by atoms with Crippen LogP contribution >= 0.6 is 0 Å². The molecule has 268 valence electrons. The maximum Gasteiger partial charge on any atom is 0.138 e. The van der Waals surface area contributed by atoms with Crippen molar-refractivity contribution >= 4 is 71.1 Å². The van der Waals surface area contributed by atoms with E-state index in [1.54, 1.807) is 0 Å². The Kier molecular flexibility index (Phi) is 7.75. The van der Waals surface area contributed by atoms with Crippen LogP contribution in [0.3, 0.4) is 0 Å². The van der Waals surface area contributed by atoms with Crippen LogP contribution in [0, 0.1) is 6.92 Å². The summed E-state index contributed by atoms with van der Waals surface area (Å²) in [4.78, 5) is 2.37. The maximum absolute atomic E-state index is 6.35. The Bertz CT molecular complexity index is 3300. The quantitative estimate of drug-likeness (QED) is 0.159. The van der Waals surface area contributed by atoms with E-state index in [-0.39, 0.29) is 0 Å². The van der Waals surface area contributed by atoms with Gasteiger partial charge in [0.05, 0.1) is 0 Å². The van der Waals surface area contributed by atoms with Crippen LogP contribution in [0.5, 0.6) is 0 Å². The fourth-order valence-electron chi connectivity index (χ4n) is 8.76. The molecule has 0 spiro atoms. The molecule has 0 atom stereocenters. The number of rotatable bonds is 6. The second-order valence-electron chi connectivity index (χ2n) is 14.9. The van der Waals surface area contributed by atoms with Crippen molar-refractivity contribution in [3.05, 3.63) is 212 Å². The molecule has 2 nitrogen and oxygen atoms in total. The zero-order valence-electron chi connectivity index (χ0n) is 31.5. The largest absolute Gasteiger partial charge is 0.456 e. The van der Waals surface area contributed by atoms with E-state index in [0.29, 0.717) is 0 Å². The van der Waals surface area contributed by atoms with Crippen molar-refractivity contribution in [3.8, 4) is 33.6 Å². The summed E-state index contributed by atoms with van der Waals surface area (Å²) in [6.45, 7) is 2.14. The topological polar surface area (TPSA) is 16.4 Å². The minimum atomic E-state index is 0.917. The van der Waals surface area contributed by atoms with E-state index in [9.17, 15) is 0 Å². The minimum absolute atomic E-state index is 0.917. The average molecular weight is 728 g/mol. The number of nitrogens with zero attached hydrogens (tertiary/aromatic N) is 1. The molecule has 0 bridgehead atoms. The van der Waals surface area contributed by atoms with Crippen molar-refractivity contribution in [1.29, 1.82) is 0 Å². The van der Waals surface area contributed by atoms with Gasteiger partial charge in [-0.05, 0) is 127 Å². The van der Waals surface area contributed by atoms with E-state index in [4.69, 9.17) is 4.42 Å². The Hall–Kier alpha value is -7.42. The first-order chi connectivity index (χ1) is 28.2. The van der Waals surface area contributed by atoms with Gasteiger partial charge < -0.3 is 9.32 Å². The first kappa shape index (κ1) is 33.0. The number of anilines is 3. The number of aryl methyl sites for hydroxylation is 1. The van der Waals surface area contributed by atoms with Gasteiger partial charge >= 0.3 is 0 Å². The first-order valence-electron chi connectivity index (χ1n) is 19.6. The smallest absolute Gasteiger partial charge is 0.138 e. The summed E-state index contributed by atoms with van der Waals surface area (Å²) in [6, 6.07) is 74.7. The van der Waals surface area contributed by atoms with Crippen LogP contribution in [-0.4, -0.2) is 0 Å². The third-order valence-electron chi connectivity index (χ3n) is 11.6. The molecule has 0 radical (unpaired) electrons. The van der Waals surface area contributed by atoms with E-state index in [2.05, 4.69) is 206 Å². The highest BCUT2D eigenvalue weighted by Crippen LogP contribution is 2.41. The average Bonchev–Trinajstić information content (AvgIpc) is 3.62. The summed E-state index contributed by atoms with van der Waals surface area (Å²) < 4.78 is 6.35. The molecule has 0 aliphatic carbocycles. The van der Waals surface area contributed by atoms with Gasteiger partial charge in [0.15, 0.2) is 0 Å². The molecular weight excluding hydrogens is 691 g/mol. The summed E-state index contributed by atoms with van der Waals surface area (Å²) in [5.41, 5.74) is 11.2. The minimum Gasteiger partial charge on any atom is -0.456 e. The normalized spacial score (nSPS) is 11.6. The number of hydrogen-bond acceptors (Lipinski definition) is 2. The second-order valence-corrected chi connectivity index (χ2v) is 14.9. The molecule has 0 unspecified atom stereocenters. The Labute approximate surface area is 331 Å². The Morgan fingerprint density at radius 3 is 1.63 bits per heavy atom. The van der Waals surface area contributed by atoms with Gasteiger partial charge in [0.1, 0.15) is 11.3 Å². The van der Waals surface area contributed by atoms with Gasteiger partial charge in [-0.15, -0.1) is 0 Å². The van der Waals surface area contributed by atoms with Crippen molar-refractivity contribution in [2.24, 2.45) is 0 Å². The van der Waals surface area contributed by atoms with Crippen LogP contribution in [0.15, 0.2) is 211 Å². The molecule has 10 aromatic carbocycles. The molecular formula is C55H37NO. The van der Waals surface area contributed by atoms with Gasteiger partial charge in [-0.2, -0.15) is 0 Å². The third-order valence-corrected chi connectivity index (χ3v) is 11.6. The second kappa shape index (κ2) is 13.4. The summed E-state index contributed by atoms with van der Waals surface area (Å²) >= 11 is 0. The molecule has 0 amide bonds. The molecule has 0 aliphatic rings. The number of fused-ring (bicyclic) bond motifs is 7. The molecule has 11 aromatic rings. The van der Waals surface area contributed by atoms with Crippen LogP contribution in [-0.2, 0) is 0 Å². The Morgan fingerprint density at radius 1 is 0.333 bits per heavy atom. The van der Waals surface area contributed by atoms with Crippen LogP contribution < -0.4 is 4.90 Å². The monoisotopic (exact) mass is 727 g/mol. The fraction of sp³-hybridized carbons (Fsp3) is 0.0182. The van der Waals surface area contributed by atoms with Crippen LogP contribution in [0.2, 0.25) is 0 Å². The number of furan rings is 1. The van der Waals surface area contributed by atoms with E-state index in [0.717, 1.165) is 56.0 Å². The zero-order chi connectivity index (χ0) is 37.9. The summed E-state index contributed by atoms with van der Waals surface area (Å²) in [5, 5.41) is 11.2. The zero-order valence-corrected chi connectivity index (χ0v) is 31.5. The van der Waals surface area contributed by atoms with E-state index >= 15 is 0 Å². The highest BCUT2D eigenvalue weighted by atomic mass is 16.3. The van der Waals surface area contributed by atoms with Crippen molar-refractivity contribution in [2.75, 3.05) is 4.90 Å².